The molecule has 0 saturated heterocycles. The lowest BCUT2D eigenvalue weighted by molar-refractivity contribution is 0.0672. The number of hydrogen-bond acceptors (Lipinski definition) is 3. The molecule has 0 aliphatic heterocycles. The monoisotopic (exact) mass is 335 g/mol. The molecule has 24 heavy (non-hydrogen) atoms. The largest absolute Gasteiger partial charge is 0.383 e. The quantitative estimate of drug-likeness (QED) is 0.387. The van der Waals surface area contributed by atoms with Crippen molar-refractivity contribution in [3.63, 3.8) is 0 Å². The van der Waals surface area contributed by atoms with Gasteiger partial charge in [0.05, 0.1) is 12.7 Å². The second-order valence-electron chi connectivity index (χ2n) is 7.09. The lowest BCUT2D eigenvalue weighted by atomic mass is 10.0. The maximum atomic E-state index is 10.6. The van der Waals surface area contributed by atoms with Crippen LogP contribution in [0.2, 0.25) is 0 Å². The van der Waals surface area contributed by atoms with Crippen LogP contribution in [0, 0.1) is 5.92 Å². The van der Waals surface area contributed by atoms with Crippen LogP contribution in [0.4, 0.5) is 0 Å². The Morgan fingerprint density at radius 1 is 1.42 bits per heavy atom. The summed E-state index contributed by atoms with van der Waals surface area (Å²) in [5.41, 5.74) is -0.230. The number of nitrogens with one attached hydrogen (secondary N) is 2. The Hall–Kier alpha value is -1.56. The maximum absolute atomic E-state index is 10.6. The maximum Gasteiger partial charge on any atom is 0.191 e. The van der Waals surface area contributed by atoms with E-state index >= 15 is 0 Å². The van der Waals surface area contributed by atoms with Crippen molar-refractivity contribution in [3.05, 3.63) is 18.0 Å². The fraction of sp³-hybridized carbons (Fsp3) is 0.778. The van der Waals surface area contributed by atoms with Gasteiger partial charge in [-0.15, -0.1) is 0 Å². The molecule has 0 spiro atoms. The highest BCUT2D eigenvalue weighted by Gasteiger charge is 2.24. The van der Waals surface area contributed by atoms with E-state index in [1.54, 1.807) is 17.8 Å². The molecular weight excluding hydrogens is 302 g/mol. The highest BCUT2D eigenvalue weighted by Crippen LogP contribution is 2.28. The number of aromatic nitrogens is 2. The molecule has 1 aromatic heterocycles. The Balaban J connectivity index is 1.80. The van der Waals surface area contributed by atoms with Crippen LogP contribution in [0.15, 0.2) is 17.4 Å². The molecule has 1 fully saturated rings. The molecule has 1 aromatic rings. The molecule has 3 N–H and O–H groups in total. The van der Waals surface area contributed by atoms with Crippen LogP contribution in [-0.2, 0) is 12.6 Å². The van der Waals surface area contributed by atoms with Gasteiger partial charge in [-0.2, -0.15) is 5.10 Å². The van der Waals surface area contributed by atoms with E-state index in [0.29, 0.717) is 6.54 Å². The molecule has 1 aliphatic rings. The van der Waals surface area contributed by atoms with Crippen molar-refractivity contribution in [1.82, 2.24) is 20.4 Å². The molecule has 1 aliphatic carbocycles. The van der Waals surface area contributed by atoms with Crippen molar-refractivity contribution in [2.45, 2.75) is 58.0 Å². The molecule has 0 amide bonds. The van der Waals surface area contributed by atoms with Crippen molar-refractivity contribution in [2.24, 2.45) is 18.0 Å². The van der Waals surface area contributed by atoms with Crippen LogP contribution in [-0.4, -0.2) is 40.5 Å². The molecule has 0 bridgehead atoms. The number of guanidine groups is 1. The fourth-order valence-corrected chi connectivity index (χ4v) is 3.26. The van der Waals surface area contributed by atoms with Crippen LogP contribution < -0.4 is 10.6 Å². The minimum Gasteiger partial charge on any atom is -0.383 e. The number of aliphatic hydroxyl groups is 1. The van der Waals surface area contributed by atoms with Crippen LogP contribution in [0.25, 0.3) is 0 Å². The van der Waals surface area contributed by atoms with Crippen molar-refractivity contribution in [1.29, 1.82) is 0 Å². The summed E-state index contributed by atoms with van der Waals surface area (Å²) in [6, 6.07) is 0. The van der Waals surface area contributed by atoms with Crippen molar-refractivity contribution >= 4 is 5.96 Å². The molecule has 1 saturated carbocycles. The number of hydrogen-bond donors (Lipinski definition) is 3. The lowest BCUT2D eigenvalue weighted by Crippen LogP contribution is -2.39. The fourth-order valence-electron chi connectivity index (χ4n) is 3.26. The van der Waals surface area contributed by atoms with E-state index < -0.39 is 5.60 Å². The summed E-state index contributed by atoms with van der Waals surface area (Å²) in [4.78, 5) is 4.55. The van der Waals surface area contributed by atoms with Crippen LogP contribution in [0.3, 0.4) is 0 Å². The highest BCUT2D eigenvalue weighted by atomic mass is 16.3. The lowest BCUT2D eigenvalue weighted by Gasteiger charge is -2.20. The summed E-state index contributed by atoms with van der Waals surface area (Å²) in [6.45, 7) is 5.86. The van der Waals surface area contributed by atoms with Gasteiger partial charge >= 0.3 is 0 Å². The van der Waals surface area contributed by atoms with E-state index in [-0.39, 0.29) is 0 Å². The molecule has 6 nitrogen and oxygen atoms in total. The first-order chi connectivity index (χ1) is 11.5. The van der Waals surface area contributed by atoms with E-state index in [4.69, 9.17) is 0 Å². The molecule has 1 unspecified atom stereocenters. The third-order valence-electron chi connectivity index (χ3n) is 4.77. The van der Waals surface area contributed by atoms with Gasteiger partial charge in [-0.25, -0.2) is 4.99 Å². The van der Waals surface area contributed by atoms with E-state index in [0.717, 1.165) is 30.5 Å². The number of aliphatic imine (C=N–C) groups is 1. The Morgan fingerprint density at radius 2 is 2.17 bits per heavy atom. The van der Waals surface area contributed by atoms with Gasteiger partial charge in [-0.05, 0) is 32.6 Å². The first kappa shape index (κ1) is 18.8. The van der Waals surface area contributed by atoms with E-state index in [1.807, 2.05) is 13.2 Å². The molecule has 6 heteroatoms. The third-order valence-corrected chi connectivity index (χ3v) is 4.77. The predicted molar refractivity (Wildman–Crippen MR) is 98.0 cm³/mol. The second-order valence-corrected chi connectivity index (χ2v) is 7.09. The molecule has 136 valence electrons. The summed E-state index contributed by atoms with van der Waals surface area (Å²) < 4.78 is 1.69. The Labute approximate surface area is 145 Å². The Bertz CT molecular complexity index is 517. The zero-order chi connectivity index (χ0) is 17.4. The standard InChI is InChI=1S/C18H33N5O/c1-4-19-17(20-11-7-10-15-8-5-6-9-15)21-14-18(2,24)16-12-22-23(3)13-16/h12-13,15,24H,4-11,14H2,1-3H3,(H2,19,20,21). The van der Waals surface area contributed by atoms with Gasteiger partial charge < -0.3 is 15.7 Å². The summed E-state index contributed by atoms with van der Waals surface area (Å²) >= 11 is 0. The third kappa shape index (κ3) is 5.82. The van der Waals surface area contributed by atoms with Crippen molar-refractivity contribution < 1.29 is 5.11 Å². The molecule has 1 heterocycles. The number of rotatable bonds is 8. The minimum atomic E-state index is -1.01. The van der Waals surface area contributed by atoms with Crippen LogP contribution in [0.5, 0.6) is 0 Å². The van der Waals surface area contributed by atoms with Crippen LogP contribution in [0.1, 0.15) is 57.9 Å². The van der Waals surface area contributed by atoms with Crippen LogP contribution >= 0.6 is 0 Å². The van der Waals surface area contributed by atoms with Gasteiger partial charge in [0.15, 0.2) is 5.96 Å². The van der Waals surface area contributed by atoms with Crippen molar-refractivity contribution in [2.75, 3.05) is 19.6 Å². The predicted octanol–water partition coefficient (Wildman–Crippen LogP) is 2.15. The van der Waals surface area contributed by atoms with E-state index in [1.165, 1.54) is 38.5 Å². The van der Waals surface area contributed by atoms with E-state index in [9.17, 15) is 5.11 Å². The molecule has 0 radical (unpaired) electrons. The SMILES string of the molecule is CCNC(=NCC(C)(O)c1cnn(C)c1)NCCCC1CCCC1. The van der Waals surface area contributed by atoms with Gasteiger partial charge in [-0.1, -0.05) is 25.7 Å². The van der Waals surface area contributed by atoms with Gasteiger partial charge in [0.2, 0.25) is 0 Å². The molecular formula is C18H33N5O. The summed E-state index contributed by atoms with van der Waals surface area (Å²) in [5, 5.41) is 21.4. The summed E-state index contributed by atoms with van der Waals surface area (Å²) in [6.07, 6.45) is 11.6. The molecule has 2 rings (SSSR count). The zero-order valence-corrected chi connectivity index (χ0v) is 15.4. The van der Waals surface area contributed by atoms with Gasteiger partial charge in [-0.3, -0.25) is 4.68 Å². The number of nitrogens with zero attached hydrogens (tertiary/aromatic N) is 3. The van der Waals surface area contributed by atoms with Crippen molar-refractivity contribution in [3.8, 4) is 0 Å². The van der Waals surface area contributed by atoms with Gasteiger partial charge in [0.1, 0.15) is 5.60 Å². The number of aryl methyl sites for hydroxylation is 1. The normalized spacial score (nSPS) is 18.6. The zero-order valence-electron chi connectivity index (χ0n) is 15.4. The van der Waals surface area contributed by atoms with E-state index in [2.05, 4.69) is 27.6 Å². The average Bonchev–Trinajstić information content (AvgIpc) is 3.20. The smallest absolute Gasteiger partial charge is 0.191 e. The Morgan fingerprint density at radius 3 is 2.79 bits per heavy atom. The average molecular weight is 335 g/mol. The summed E-state index contributed by atoms with van der Waals surface area (Å²) in [7, 11) is 1.85. The molecule has 1 atom stereocenters. The highest BCUT2D eigenvalue weighted by molar-refractivity contribution is 5.79. The first-order valence-corrected chi connectivity index (χ1v) is 9.25. The second kappa shape index (κ2) is 9.06. The Kier molecular flexibility index (Phi) is 7.09. The van der Waals surface area contributed by atoms with Gasteiger partial charge in [0, 0.05) is 31.9 Å². The minimum absolute atomic E-state index is 0.302. The first-order valence-electron chi connectivity index (χ1n) is 9.25. The van der Waals surface area contributed by atoms with Gasteiger partial charge in [0.25, 0.3) is 0 Å². The molecule has 0 aromatic carbocycles. The topological polar surface area (TPSA) is 74.5 Å². The summed E-state index contributed by atoms with van der Waals surface area (Å²) in [5.74, 6) is 1.70.